The summed E-state index contributed by atoms with van der Waals surface area (Å²) >= 11 is 0. The van der Waals surface area contributed by atoms with Crippen LogP contribution in [0.4, 0.5) is 4.39 Å². The van der Waals surface area contributed by atoms with Crippen molar-refractivity contribution < 1.29 is 13.9 Å². The van der Waals surface area contributed by atoms with Crippen molar-refractivity contribution in [2.45, 2.75) is 45.4 Å². The van der Waals surface area contributed by atoms with E-state index in [4.69, 9.17) is 4.74 Å². The summed E-state index contributed by atoms with van der Waals surface area (Å²) in [6.07, 6.45) is 4.88. The molecule has 2 aliphatic rings. The second-order valence-corrected chi connectivity index (χ2v) is 8.47. The molecule has 3 nitrogen and oxygen atoms in total. The summed E-state index contributed by atoms with van der Waals surface area (Å²) in [7, 11) is 4.19. The Morgan fingerprint density at radius 1 is 1.27 bits per heavy atom. The first-order chi connectivity index (χ1) is 11.8. The number of benzene rings is 1. The van der Waals surface area contributed by atoms with Gasteiger partial charge in [-0.15, -0.1) is 12.4 Å². The van der Waals surface area contributed by atoms with E-state index in [1.807, 2.05) is 0 Å². The van der Waals surface area contributed by atoms with Crippen LogP contribution in [0.3, 0.4) is 0 Å². The topological polar surface area (TPSA) is 29.5 Å². The van der Waals surface area contributed by atoms with Crippen LogP contribution in [0.2, 0.25) is 0 Å². The van der Waals surface area contributed by atoms with Gasteiger partial charge in [0.1, 0.15) is 11.6 Å². The van der Waals surface area contributed by atoms with Crippen LogP contribution in [0.15, 0.2) is 18.2 Å². The second-order valence-electron chi connectivity index (χ2n) is 8.47. The molecule has 2 aliphatic carbocycles. The molecule has 1 aromatic rings. The van der Waals surface area contributed by atoms with Crippen molar-refractivity contribution >= 4 is 18.4 Å². The number of ether oxygens (including phenoxy) is 1. The monoisotopic (exact) mass is 383 g/mol. The fourth-order valence-electron chi connectivity index (χ4n) is 4.74. The van der Waals surface area contributed by atoms with Gasteiger partial charge in [0.25, 0.3) is 0 Å². The number of carbonyl (C=O) groups excluding carboxylic acids is 1. The Morgan fingerprint density at radius 2 is 2.00 bits per heavy atom. The normalized spacial score (nSPS) is 27.5. The molecule has 0 aromatic heterocycles. The van der Waals surface area contributed by atoms with Crippen LogP contribution >= 0.6 is 12.4 Å². The maximum absolute atomic E-state index is 14.7. The predicted octanol–water partition coefficient (Wildman–Crippen LogP) is 4.89. The highest BCUT2D eigenvalue weighted by atomic mass is 35.5. The smallest absolute Gasteiger partial charge is 0.313 e. The van der Waals surface area contributed by atoms with E-state index in [1.54, 1.807) is 26.0 Å². The SMILES string of the molecule is CC(C)C(=O)Oc1ccc(F)c(C2CC3CCC(C3)C2CN(C)C)c1.Cl. The number of halogens is 2. The summed E-state index contributed by atoms with van der Waals surface area (Å²) in [6.45, 7) is 4.59. The number of fused-ring (bicyclic) bond motifs is 2. The van der Waals surface area contributed by atoms with Gasteiger partial charge < -0.3 is 9.64 Å². The molecule has 2 fully saturated rings. The minimum absolute atomic E-state index is 0. The molecule has 1 aromatic carbocycles. The van der Waals surface area contributed by atoms with E-state index in [0.717, 1.165) is 24.4 Å². The van der Waals surface area contributed by atoms with Crippen molar-refractivity contribution in [3.63, 3.8) is 0 Å². The molecule has 2 bridgehead atoms. The standard InChI is InChI=1S/C21H30FNO2.ClH/c1-13(2)21(24)25-16-7-8-20(22)18(11-16)17-10-14-5-6-15(9-14)19(17)12-23(3)4;/h7-8,11,13-15,17,19H,5-6,9-10,12H2,1-4H3;1H. The molecule has 0 aliphatic heterocycles. The summed E-state index contributed by atoms with van der Waals surface area (Å²) in [4.78, 5) is 14.1. The highest BCUT2D eigenvalue weighted by Crippen LogP contribution is 2.52. The number of nitrogens with zero attached hydrogens (tertiary/aromatic N) is 1. The van der Waals surface area contributed by atoms with Crippen LogP contribution < -0.4 is 4.74 Å². The van der Waals surface area contributed by atoms with Crippen molar-refractivity contribution in [2.75, 3.05) is 20.6 Å². The van der Waals surface area contributed by atoms with Crippen molar-refractivity contribution in [1.29, 1.82) is 0 Å². The Kier molecular flexibility index (Phi) is 7.09. The highest BCUT2D eigenvalue weighted by molar-refractivity contribution is 5.85. The number of esters is 1. The number of carbonyl (C=O) groups is 1. The molecule has 5 heteroatoms. The fraction of sp³-hybridized carbons (Fsp3) is 0.667. The van der Waals surface area contributed by atoms with Gasteiger partial charge in [0.2, 0.25) is 0 Å². The summed E-state index contributed by atoms with van der Waals surface area (Å²) < 4.78 is 20.1. The van der Waals surface area contributed by atoms with E-state index in [1.165, 1.54) is 25.3 Å². The van der Waals surface area contributed by atoms with Gasteiger partial charge in [0.15, 0.2) is 0 Å². The quantitative estimate of drug-likeness (QED) is 0.535. The first kappa shape index (κ1) is 21.2. The molecular weight excluding hydrogens is 353 g/mol. The van der Waals surface area contributed by atoms with Crippen LogP contribution in [0, 0.1) is 29.5 Å². The van der Waals surface area contributed by atoms with E-state index in [2.05, 4.69) is 19.0 Å². The predicted molar refractivity (Wildman–Crippen MR) is 104 cm³/mol. The van der Waals surface area contributed by atoms with Gasteiger partial charge in [-0.3, -0.25) is 4.79 Å². The molecule has 4 atom stereocenters. The largest absolute Gasteiger partial charge is 0.426 e. The maximum atomic E-state index is 14.7. The molecule has 0 amide bonds. The average molecular weight is 384 g/mol. The van der Waals surface area contributed by atoms with Crippen molar-refractivity contribution in [3.8, 4) is 5.75 Å². The molecule has 26 heavy (non-hydrogen) atoms. The van der Waals surface area contributed by atoms with Crippen molar-refractivity contribution in [3.05, 3.63) is 29.6 Å². The maximum Gasteiger partial charge on any atom is 0.313 e. The third-order valence-electron chi connectivity index (χ3n) is 5.92. The zero-order valence-electron chi connectivity index (χ0n) is 16.2. The van der Waals surface area contributed by atoms with E-state index in [-0.39, 0.29) is 36.0 Å². The molecular formula is C21H31ClFNO2. The van der Waals surface area contributed by atoms with Crippen LogP contribution in [0.5, 0.6) is 5.75 Å². The first-order valence-corrected chi connectivity index (χ1v) is 9.51. The second kappa shape index (κ2) is 8.71. The number of rotatable bonds is 5. The first-order valence-electron chi connectivity index (χ1n) is 9.51. The van der Waals surface area contributed by atoms with Gasteiger partial charge in [-0.05, 0) is 80.8 Å². The third kappa shape index (κ3) is 4.58. The summed E-state index contributed by atoms with van der Waals surface area (Å²) in [5.74, 6) is 1.93. The third-order valence-corrected chi connectivity index (χ3v) is 5.92. The number of hydrogen-bond acceptors (Lipinski definition) is 3. The van der Waals surface area contributed by atoms with Gasteiger partial charge in [-0.1, -0.05) is 20.3 Å². The molecule has 2 saturated carbocycles. The fourth-order valence-corrected chi connectivity index (χ4v) is 4.74. The van der Waals surface area contributed by atoms with Crippen LogP contribution in [-0.4, -0.2) is 31.5 Å². The zero-order chi connectivity index (χ0) is 18.1. The molecule has 0 saturated heterocycles. The highest BCUT2D eigenvalue weighted by Gasteiger charge is 2.43. The van der Waals surface area contributed by atoms with E-state index in [0.29, 0.717) is 17.6 Å². The lowest BCUT2D eigenvalue weighted by molar-refractivity contribution is -0.137. The molecule has 0 N–H and O–H groups in total. The van der Waals surface area contributed by atoms with E-state index >= 15 is 0 Å². The number of hydrogen-bond donors (Lipinski definition) is 0. The minimum Gasteiger partial charge on any atom is -0.426 e. The lowest BCUT2D eigenvalue weighted by Gasteiger charge is -2.38. The Morgan fingerprint density at radius 3 is 2.65 bits per heavy atom. The lowest BCUT2D eigenvalue weighted by atomic mass is 9.69. The summed E-state index contributed by atoms with van der Waals surface area (Å²) in [5, 5.41) is 0. The Hall–Kier alpha value is -1.13. The van der Waals surface area contributed by atoms with Gasteiger partial charge in [0.05, 0.1) is 5.92 Å². The molecule has 3 rings (SSSR count). The van der Waals surface area contributed by atoms with Gasteiger partial charge in [-0.2, -0.15) is 0 Å². The van der Waals surface area contributed by atoms with Gasteiger partial charge >= 0.3 is 5.97 Å². The Balaban J connectivity index is 0.00000243. The van der Waals surface area contributed by atoms with Crippen LogP contribution in [-0.2, 0) is 4.79 Å². The minimum atomic E-state index is -0.272. The Bertz CT molecular complexity index is 634. The molecule has 0 spiro atoms. The van der Waals surface area contributed by atoms with Crippen LogP contribution in [0.25, 0.3) is 0 Å². The van der Waals surface area contributed by atoms with Crippen molar-refractivity contribution in [2.24, 2.45) is 23.7 Å². The van der Waals surface area contributed by atoms with E-state index < -0.39 is 0 Å². The summed E-state index contributed by atoms with van der Waals surface area (Å²) in [5.41, 5.74) is 0.734. The van der Waals surface area contributed by atoms with Gasteiger partial charge in [-0.25, -0.2) is 4.39 Å². The van der Waals surface area contributed by atoms with E-state index in [9.17, 15) is 9.18 Å². The molecule has 4 unspecified atom stereocenters. The van der Waals surface area contributed by atoms with Crippen LogP contribution in [0.1, 0.15) is 51.0 Å². The van der Waals surface area contributed by atoms with Gasteiger partial charge in [0, 0.05) is 6.54 Å². The lowest BCUT2D eigenvalue weighted by Crippen LogP contribution is -2.35. The zero-order valence-corrected chi connectivity index (χ0v) is 17.0. The summed E-state index contributed by atoms with van der Waals surface area (Å²) in [6, 6.07) is 4.80. The average Bonchev–Trinajstić information content (AvgIpc) is 2.94. The van der Waals surface area contributed by atoms with Crippen molar-refractivity contribution in [1.82, 2.24) is 4.90 Å². The molecule has 0 heterocycles. The molecule has 0 radical (unpaired) electrons. The molecule has 146 valence electrons. The Labute approximate surface area is 162 Å².